The SMILES string of the molecule is COCCN1C(=O)[C@H]2[C@H](C(=O)Nc3cccc(Cl)c3)[C@H]3C=C[C@@]2(O3)[C@@H]1C(=O)N[C@@H]1CCC[C@@H](C)[C@H]1C. The lowest BCUT2D eigenvalue weighted by molar-refractivity contribution is -0.142. The Morgan fingerprint density at radius 3 is 2.81 bits per heavy atom. The fourth-order valence-corrected chi connectivity index (χ4v) is 6.73. The first kappa shape index (κ1) is 25.2. The van der Waals surface area contributed by atoms with E-state index in [4.69, 9.17) is 21.1 Å². The number of ether oxygens (including phenoxy) is 2. The van der Waals surface area contributed by atoms with Gasteiger partial charge in [0.1, 0.15) is 11.6 Å². The van der Waals surface area contributed by atoms with Crippen molar-refractivity contribution < 1.29 is 23.9 Å². The zero-order valence-corrected chi connectivity index (χ0v) is 21.7. The Kier molecular flexibility index (Phi) is 6.87. The maximum atomic E-state index is 13.8. The molecule has 2 bridgehead atoms. The number of anilines is 1. The maximum absolute atomic E-state index is 13.8. The quantitative estimate of drug-likeness (QED) is 0.544. The van der Waals surface area contributed by atoms with E-state index >= 15 is 0 Å². The molecule has 4 aliphatic rings. The van der Waals surface area contributed by atoms with Gasteiger partial charge in [-0.05, 0) is 36.5 Å². The van der Waals surface area contributed by atoms with Gasteiger partial charge in [0, 0.05) is 30.4 Å². The van der Waals surface area contributed by atoms with E-state index in [0.717, 1.165) is 19.3 Å². The molecular formula is C27H34ClN3O5. The summed E-state index contributed by atoms with van der Waals surface area (Å²) in [6, 6.07) is 6.05. The van der Waals surface area contributed by atoms with Crippen molar-refractivity contribution in [2.45, 2.75) is 56.9 Å². The number of hydrogen-bond acceptors (Lipinski definition) is 5. The van der Waals surface area contributed by atoms with Gasteiger partial charge in [-0.15, -0.1) is 0 Å². The van der Waals surface area contributed by atoms with E-state index < -0.39 is 29.6 Å². The third-order valence-corrected chi connectivity index (χ3v) is 8.82. The Bertz CT molecular complexity index is 1080. The van der Waals surface area contributed by atoms with Crippen LogP contribution in [-0.4, -0.2) is 66.7 Å². The van der Waals surface area contributed by atoms with Crippen LogP contribution in [0, 0.1) is 23.7 Å². The van der Waals surface area contributed by atoms with Crippen LogP contribution in [-0.2, 0) is 23.9 Å². The number of carbonyl (C=O) groups is 3. The summed E-state index contributed by atoms with van der Waals surface area (Å²) >= 11 is 6.08. The molecule has 0 unspecified atom stereocenters. The number of fused-ring (bicyclic) bond motifs is 1. The number of nitrogens with one attached hydrogen (secondary N) is 2. The van der Waals surface area contributed by atoms with Gasteiger partial charge in [-0.3, -0.25) is 14.4 Å². The Balaban J connectivity index is 1.43. The van der Waals surface area contributed by atoms with Crippen LogP contribution in [0.4, 0.5) is 5.69 Å². The van der Waals surface area contributed by atoms with E-state index in [-0.39, 0.29) is 36.9 Å². The molecule has 0 aromatic heterocycles. The Morgan fingerprint density at radius 2 is 2.06 bits per heavy atom. The van der Waals surface area contributed by atoms with E-state index in [1.165, 1.54) is 0 Å². The van der Waals surface area contributed by atoms with Crippen molar-refractivity contribution in [1.82, 2.24) is 10.2 Å². The van der Waals surface area contributed by atoms with Gasteiger partial charge in [-0.2, -0.15) is 0 Å². The average molecular weight is 516 g/mol. The molecule has 8 nitrogen and oxygen atoms in total. The second kappa shape index (κ2) is 9.80. The number of hydrogen-bond donors (Lipinski definition) is 2. The number of methoxy groups -OCH3 is 1. The molecule has 0 radical (unpaired) electrons. The molecule has 1 spiro atoms. The molecule has 2 saturated heterocycles. The predicted octanol–water partition coefficient (Wildman–Crippen LogP) is 3.02. The van der Waals surface area contributed by atoms with Gasteiger partial charge in [0.25, 0.3) is 0 Å². The van der Waals surface area contributed by atoms with E-state index in [1.807, 2.05) is 12.2 Å². The summed E-state index contributed by atoms with van der Waals surface area (Å²) in [5.41, 5.74) is -0.635. The van der Waals surface area contributed by atoms with Gasteiger partial charge < -0.3 is 25.0 Å². The molecule has 3 heterocycles. The molecule has 3 fully saturated rings. The lowest BCUT2D eigenvalue weighted by Gasteiger charge is -2.38. The molecule has 2 N–H and O–H groups in total. The smallest absolute Gasteiger partial charge is 0.246 e. The molecule has 1 saturated carbocycles. The fraction of sp³-hybridized carbons (Fsp3) is 0.593. The zero-order valence-electron chi connectivity index (χ0n) is 20.9. The maximum Gasteiger partial charge on any atom is 0.246 e. The normalized spacial score (nSPS) is 36.7. The monoisotopic (exact) mass is 515 g/mol. The molecule has 1 aliphatic carbocycles. The summed E-state index contributed by atoms with van der Waals surface area (Å²) in [5, 5.41) is 6.63. The van der Waals surface area contributed by atoms with Crippen molar-refractivity contribution in [3.8, 4) is 0 Å². The lowest BCUT2D eigenvalue weighted by atomic mass is 9.73. The summed E-state index contributed by atoms with van der Waals surface area (Å²) in [5.74, 6) is -1.49. The topological polar surface area (TPSA) is 97.0 Å². The highest BCUT2D eigenvalue weighted by Crippen LogP contribution is 2.55. The van der Waals surface area contributed by atoms with Gasteiger partial charge in [-0.1, -0.05) is 56.5 Å². The van der Waals surface area contributed by atoms with Crippen LogP contribution < -0.4 is 10.6 Å². The summed E-state index contributed by atoms with van der Waals surface area (Å²) in [6.07, 6.45) is 6.19. The molecular weight excluding hydrogens is 482 g/mol. The van der Waals surface area contributed by atoms with Crippen LogP contribution in [0.2, 0.25) is 5.02 Å². The van der Waals surface area contributed by atoms with Crippen LogP contribution in [0.3, 0.4) is 0 Å². The molecule has 36 heavy (non-hydrogen) atoms. The summed E-state index contributed by atoms with van der Waals surface area (Å²) in [4.78, 5) is 42.6. The van der Waals surface area contributed by atoms with Crippen LogP contribution >= 0.6 is 11.6 Å². The Hall–Kier alpha value is -2.42. The number of amides is 3. The molecule has 3 amide bonds. The fourth-order valence-electron chi connectivity index (χ4n) is 6.54. The van der Waals surface area contributed by atoms with Gasteiger partial charge in [0.15, 0.2) is 0 Å². The minimum atomic E-state index is -1.18. The first-order valence-corrected chi connectivity index (χ1v) is 13.2. The van der Waals surface area contributed by atoms with Crippen molar-refractivity contribution in [2.24, 2.45) is 23.7 Å². The van der Waals surface area contributed by atoms with E-state index in [1.54, 1.807) is 36.3 Å². The summed E-state index contributed by atoms with van der Waals surface area (Å²) in [6.45, 7) is 4.91. The third-order valence-electron chi connectivity index (χ3n) is 8.59. The molecule has 1 aromatic carbocycles. The minimum Gasteiger partial charge on any atom is -0.383 e. The van der Waals surface area contributed by atoms with Crippen LogP contribution in [0.15, 0.2) is 36.4 Å². The van der Waals surface area contributed by atoms with Gasteiger partial charge in [-0.25, -0.2) is 0 Å². The first-order valence-electron chi connectivity index (χ1n) is 12.8. The highest BCUT2D eigenvalue weighted by Gasteiger charge is 2.72. The van der Waals surface area contributed by atoms with Crippen molar-refractivity contribution in [3.05, 3.63) is 41.4 Å². The molecule has 3 aliphatic heterocycles. The van der Waals surface area contributed by atoms with Gasteiger partial charge in [0.05, 0.1) is 24.5 Å². The Morgan fingerprint density at radius 1 is 1.25 bits per heavy atom. The predicted molar refractivity (Wildman–Crippen MR) is 135 cm³/mol. The number of benzene rings is 1. The second-order valence-electron chi connectivity index (χ2n) is 10.6. The summed E-state index contributed by atoms with van der Waals surface area (Å²) in [7, 11) is 1.56. The second-order valence-corrected chi connectivity index (χ2v) is 11.0. The molecule has 8 atom stereocenters. The van der Waals surface area contributed by atoms with E-state index in [2.05, 4.69) is 24.5 Å². The van der Waals surface area contributed by atoms with Gasteiger partial charge in [0.2, 0.25) is 17.7 Å². The van der Waals surface area contributed by atoms with Crippen LogP contribution in [0.1, 0.15) is 33.1 Å². The number of carbonyl (C=O) groups excluding carboxylic acids is 3. The number of likely N-dealkylation sites (tertiary alicyclic amines) is 1. The van der Waals surface area contributed by atoms with Crippen LogP contribution in [0.25, 0.3) is 0 Å². The van der Waals surface area contributed by atoms with E-state index in [0.29, 0.717) is 22.5 Å². The number of rotatable bonds is 7. The lowest BCUT2D eigenvalue weighted by Crippen LogP contribution is -2.58. The molecule has 1 aromatic rings. The highest BCUT2D eigenvalue weighted by molar-refractivity contribution is 6.30. The standard InChI is InChI=1S/C27H34ClN3O5/c1-15-6-4-9-19(16(15)2)30-25(33)23-27-11-10-20(36-27)21(22(27)26(34)31(23)12-13-35-3)24(32)29-18-8-5-7-17(28)14-18/h5,7-8,10-11,14-16,19-23H,4,6,9,12-13H2,1-3H3,(H,29,32)(H,30,33)/t15-,16-,19-,20-,21-,22-,23+,27+/m1/s1. The zero-order chi connectivity index (χ0) is 25.6. The van der Waals surface area contributed by atoms with E-state index in [9.17, 15) is 14.4 Å². The molecule has 194 valence electrons. The minimum absolute atomic E-state index is 0.0422. The van der Waals surface area contributed by atoms with Crippen molar-refractivity contribution in [1.29, 1.82) is 0 Å². The average Bonchev–Trinajstić information content (AvgIpc) is 3.48. The van der Waals surface area contributed by atoms with Crippen LogP contribution in [0.5, 0.6) is 0 Å². The first-order chi connectivity index (χ1) is 17.3. The van der Waals surface area contributed by atoms with Crippen molar-refractivity contribution >= 4 is 35.0 Å². The van der Waals surface area contributed by atoms with Crippen molar-refractivity contribution in [2.75, 3.05) is 25.6 Å². The number of nitrogens with zero attached hydrogens (tertiary/aromatic N) is 1. The molecule has 9 heteroatoms. The Labute approximate surface area is 216 Å². The third kappa shape index (κ3) is 4.13. The number of halogens is 1. The largest absolute Gasteiger partial charge is 0.383 e. The summed E-state index contributed by atoms with van der Waals surface area (Å²) < 4.78 is 11.6. The van der Waals surface area contributed by atoms with Gasteiger partial charge >= 0.3 is 0 Å². The van der Waals surface area contributed by atoms with Crippen molar-refractivity contribution in [3.63, 3.8) is 0 Å². The highest BCUT2D eigenvalue weighted by atomic mass is 35.5. The molecule has 5 rings (SSSR count).